The second kappa shape index (κ2) is 9.15. The topological polar surface area (TPSA) is 69.7 Å². The van der Waals surface area contributed by atoms with E-state index in [0.717, 1.165) is 25.2 Å². The van der Waals surface area contributed by atoms with Gasteiger partial charge in [-0.3, -0.25) is 9.52 Å². The Kier molecular flexibility index (Phi) is 6.82. The zero-order chi connectivity index (χ0) is 21.0. The number of amides is 1. The molecule has 1 saturated heterocycles. The van der Waals surface area contributed by atoms with Crippen molar-refractivity contribution in [1.29, 1.82) is 0 Å². The molecule has 1 amide bonds. The molecule has 0 spiro atoms. The van der Waals surface area contributed by atoms with E-state index < -0.39 is 10.0 Å². The number of hydrogen-bond acceptors (Lipinski definition) is 4. The van der Waals surface area contributed by atoms with Gasteiger partial charge in [-0.25, -0.2) is 8.42 Å². The molecular formula is C21H26ClN3O3S. The maximum atomic E-state index is 12.9. The third-order valence-corrected chi connectivity index (χ3v) is 6.75. The summed E-state index contributed by atoms with van der Waals surface area (Å²) in [5, 5.41) is 0.234. The summed E-state index contributed by atoms with van der Waals surface area (Å²) < 4.78 is 28.1. The highest BCUT2D eigenvalue weighted by Crippen LogP contribution is 2.24. The van der Waals surface area contributed by atoms with Crippen LogP contribution in [-0.2, 0) is 10.0 Å². The molecule has 0 bridgehead atoms. The summed E-state index contributed by atoms with van der Waals surface area (Å²) in [7, 11) is -2.13. The molecule has 2 aromatic carbocycles. The van der Waals surface area contributed by atoms with Crippen LogP contribution in [0.25, 0.3) is 0 Å². The first-order valence-electron chi connectivity index (χ1n) is 9.63. The normalized spacial score (nSPS) is 14.7. The zero-order valence-corrected chi connectivity index (χ0v) is 18.3. The Morgan fingerprint density at radius 3 is 2.59 bits per heavy atom. The van der Waals surface area contributed by atoms with Crippen molar-refractivity contribution in [3.63, 3.8) is 0 Å². The van der Waals surface area contributed by atoms with Gasteiger partial charge in [-0.15, -0.1) is 0 Å². The number of likely N-dealkylation sites (N-methyl/N-ethyl adjacent to an activating group) is 1. The Balaban J connectivity index is 1.76. The number of carbonyl (C=O) groups excluding carboxylic acids is 1. The van der Waals surface area contributed by atoms with Gasteiger partial charge in [0.15, 0.2) is 0 Å². The molecule has 8 heteroatoms. The fourth-order valence-electron chi connectivity index (χ4n) is 3.36. The second-order valence-corrected chi connectivity index (χ2v) is 9.48. The van der Waals surface area contributed by atoms with Crippen molar-refractivity contribution in [3.05, 3.63) is 58.6 Å². The Morgan fingerprint density at radius 2 is 1.90 bits per heavy atom. The van der Waals surface area contributed by atoms with Gasteiger partial charge in [0.2, 0.25) is 0 Å². The molecule has 156 valence electrons. The maximum Gasteiger partial charge on any atom is 0.261 e. The zero-order valence-electron chi connectivity index (χ0n) is 16.7. The van der Waals surface area contributed by atoms with Gasteiger partial charge in [0, 0.05) is 25.8 Å². The number of carbonyl (C=O) groups is 1. The monoisotopic (exact) mass is 435 g/mol. The third-order valence-electron chi connectivity index (χ3n) is 5.05. The largest absolute Gasteiger partial charge is 0.340 e. The standard InChI is InChI=1S/C21H26ClN3O3S/c1-16-6-5-7-17(14-16)23-29(27,28)18-8-9-20(22)19(15-18)21(26)24(2)12-13-25-10-3-4-11-25/h5-9,14-15,23H,3-4,10-13H2,1-2H3. The van der Waals surface area contributed by atoms with E-state index >= 15 is 0 Å². The van der Waals surface area contributed by atoms with Crippen LogP contribution in [0.1, 0.15) is 28.8 Å². The summed E-state index contributed by atoms with van der Waals surface area (Å²) >= 11 is 6.22. The molecule has 1 fully saturated rings. The lowest BCUT2D eigenvalue weighted by Crippen LogP contribution is -2.35. The smallest absolute Gasteiger partial charge is 0.261 e. The molecule has 1 heterocycles. The molecule has 3 rings (SSSR count). The van der Waals surface area contributed by atoms with Gasteiger partial charge in [0.25, 0.3) is 15.9 Å². The van der Waals surface area contributed by atoms with E-state index in [2.05, 4.69) is 9.62 Å². The van der Waals surface area contributed by atoms with Crippen molar-refractivity contribution in [1.82, 2.24) is 9.80 Å². The van der Waals surface area contributed by atoms with E-state index in [1.54, 1.807) is 30.1 Å². The summed E-state index contributed by atoms with van der Waals surface area (Å²) in [5.74, 6) is -0.290. The molecule has 1 N–H and O–H groups in total. The number of hydrogen-bond donors (Lipinski definition) is 1. The van der Waals surface area contributed by atoms with Gasteiger partial charge in [-0.05, 0) is 68.8 Å². The number of rotatable bonds is 7. The number of benzene rings is 2. The Labute approximate surface area is 177 Å². The highest BCUT2D eigenvalue weighted by molar-refractivity contribution is 7.92. The Hall–Kier alpha value is -2.09. The maximum absolute atomic E-state index is 12.9. The number of anilines is 1. The molecular weight excluding hydrogens is 410 g/mol. The minimum absolute atomic E-state index is 0.000279. The molecule has 29 heavy (non-hydrogen) atoms. The molecule has 6 nitrogen and oxygen atoms in total. The molecule has 0 atom stereocenters. The average Bonchev–Trinajstić information content (AvgIpc) is 3.19. The summed E-state index contributed by atoms with van der Waals surface area (Å²) in [6.07, 6.45) is 2.38. The molecule has 0 aromatic heterocycles. The number of aryl methyl sites for hydroxylation is 1. The van der Waals surface area contributed by atoms with Crippen LogP contribution in [0.5, 0.6) is 0 Å². The highest BCUT2D eigenvalue weighted by atomic mass is 35.5. The average molecular weight is 436 g/mol. The molecule has 0 radical (unpaired) electrons. The van der Waals surface area contributed by atoms with Crippen LogP contribution in [0.3, 0.4) is 0 Å². The second-order valence-electron chi connectivity index (χ2n) is 7.39. The number of sulfonamides is 1. The number of nitrogens with one attached hydrogen (secondary N) is 1. The first-order valence-corrected chi connectivity index (χ1v) is 11.5. The van der Waals surface area contributed by atoms with E-state index in [9.17, 15) is 13.2 Å². The summed E-state index contributed by atoms with van der Waals surface area (Å²) in [6, 6.07) is 11.3. The van der Waals surface area contributed by atoms with Crippen molar-refractivity contribution < 1.29 is 13.2 Å². The van der Waals surface area contributed by atoms with Crippen LogP contribution in [0.15, 0.2) is 47.4 Å². The third kappa shape index (κ3) is 5.50. The van der Waals surface area contributed by atoms with Crippen molar-refractivity contribution in [2.24, 2.45) is 0 Å². The Morgan fingerprint density at radius 1 is 1.17 bits per heavy atom. The summed E-state index contributed by atoms with van der Waals surface area (Å²) in [6.45, 7) is 5.36. The lowest BCUT2D eigenvalue weighted by atomic mass is 10.2. The molecule has 0 unspecified atom stereocenters. The van der Waals surface area contributed by atoms with Crippen molar-refractivity contribution >= 4 is 33.2 Å². The first-order chi connectivity index (χ1) is 13.8. The molecule has 1 aliphatic heterocycles. The van der Waals surface area contributed by atoms with E-state index in [1.807, 2.05) is 13.0 Å². The van der Waals surface area contributed by atoms with Crippen LogP contribution >= 0.6 is 11.6 Å². The predicted octanol–water partition coefficient (Wildman–Crippen LogP) is 3.62. The van der Waals surface area contributed by atoms with Crippen LogP contribution in [0, 0.1) is 6.92 Å². The van der Waals surface area contributed by atoms with Crippen LogP contribution < -0.4 is 4.72 Å². The SMILES string of the molecule is Cc1cccc(NS(=O)(=O)c2ccc(Cl)c(C(=O)N(C)CCN3CCCC3)c2)c1. The van der Waals surface area contributed by atoms with E-state index in [4.69, 9.17) is 11.6 Å². The van der Waals surface area contributed by atoms with Gasteiger partial charge in [-0.1, -0.05) is 23.7 Å². The summed E-state index contributed by atoms with van der Waals surface area (Å²) in [5.41, 5.74) is 1.59. The first kappa shape index (κ1) is 21.6. The van der Waals surface area contributed by atoms with Crippen LogP contribution in [-0.4, -0.2) is 57.4 Å². The van der Waals surface area contributed by atoms with Gasteiger partial charge >= 0.3 is 0 Å². The van der Waals surface area contributed by atoms with Gasteiger partial charge in [0.05, 0.1) is 15.5 Å². The molecule has 0 aliphatic carbocycles. The quantitative estimate of drug-likeness (QED) is 0.721. The number of halogens is 1. The lowest BCUT2D eigenvalue weighted by Gasteiger charge is -2.22. The lowest BCUT2D eigenvalue weighted by molar-refractivity contribution is 0.0782. The molecule has 0 saturated carbocycles. The minimum atomic E-state index is -3.84. The Bertz CT molecular complexity index is 988. The van der Waals surface area contributed by atoms with Crippen molar-refractivity contribution in [2.45, 2.75) is 24.7 Å². The predicted molar refractivity (Wildman–Crippen MR) is 116 cm³/mol. The number of likely N-dealkylation sites (tertiary alicyclic amines) is 1. The molecule has 1 aliphatic rings. The van der Waals surface area contributed by atoms with Gasteiger partial charge in [-0.2, -0.15) is 0 Å². The number of nitrogens with zero attached hydrogens (tertiary/aromatic N) is 2. The van der Waals surface area contributed by atoms with E-state index in [-0.39, 0.29) is 21.4 Å². The minimum Gasteiger partial charge on any atom is -0.340 e. The van der Waals surface area contributed by atoms with Crippen LogP contribution in [0.4, 0.5) is 5.69 Å². The van der Waals surface area contributed by atoms with E-state index in [0.29, 0.717) is 12.2 Å². The van der Waals surface area contributed by atoms with Crippen LogP contribution in [0.2, 0.25) is 5.02 Å². The fourth-order valence-corrected chi connectivity index (χ4v) is 4.64. The van der Waals surface area contributed by atoms with Crippen molar-refractivity contribution in [2.75, 3.05) is 37.9 Å². The fraction of sp³-hybridized carbons (Fsp3) is 0.381. The van der Waals surface area contributed by atoms with E-state index in [1.165, 1.54) is 31.0 Å². The highest BCUT2D eigenvalue weighted by Gasteiger charge is 2.22. The van der Waals surface area contributed by atoms with Gasteiger partial charge < -0.3 is 9.80 Å². The van der Waals surface area contributed by atoms with Gasteiger partial charge in [0.1, 0.15) is 0 Å². The van der Waals surface area contributed by atoms with Crippen molar-refractivity contribution in [3.8, 4) is 0 Å². The summed E-state index contributed by atoms with van der Waals surface area (Å²) in [4.78, 5) is 16.8. The molecule has 2 aromatic rings.